The van der Waals surface area contributed by atoms with Crippen LogP contribution in [-0.2, 0) is 4.79 Å². The number of aryl methyl sites for hydroxylation is 1. The maximum Gasteiger partial charge on any atom is 0.237 e. The molecule has 2 aromatic heterocycles. The molecule has 0 saturated heterocycles. The highest BCUT2D eigenvalue weighted by atomic mass is 16.3. The van der Waals surface area contributed by atoms with Crippen molar-refractivity contribution in [3.8, 4) is 11.3 Å². The molecule has 7 heteroatoms. The van der Waals surface area contributed by atoms with E-state index in [0.29, 0.717) is 11.4 Å². The van der Waals surface area contributed by atoms with Crippen LogP contribution in [0.5, 0.6) is 0 Å². The summed E-state index contributed by atoms with van der Waals surface area (Å²) in [5, 5.41) is 2.94. The number of hydrogen-bond donors (Lipinski definition) is 0. The fourth-order valence-electron chi connectivity index (χ4n) is 2.44. The number of pyridine rings is 1. The maximum absolute atomic E-state index is 12.3. The van der Waals surface area contributed by atoms with Gasteiger partial charge in [-0.15, -0.1) is 4.91 Å². The molecule has 1 amide bonds. The Morgan fingerprint density at radius 2 is 2.00 bits per heavy atom. The van der Waals surface area contributed by atoms with Gasteiger partial charge in [-0.3, -0.25) is 9.78 Å². The van der Waals surface area contributed by atoms with E-state index in [-0.39, 0.29) is 17.5 Å². The molecule has 0 bridgehead atoms. The van der Waals surface area contributed by atoms with Crippen LogP contribution in [0.4, 0.5) is 17.3 Å². The molecule has 3 aromatic rings. The van der Waals surface area contributed by atoms with E-state index in [2.05, 4.69) is 20.1 Å². The zero-order chi connectivity index (χ0) is 17.8. The Balaban J connectivity index is 2.11. The minimum absolute atomic E-state index is 0.222. The highest BCUT2D eigenvalue weighted by Crippen LogP contribution is 2.31. The van der Waals surface area contributed by atoms with Crippen LogP contribution in [0.1, 0.15) is 12.5 Å². The first-order valence-corrected chi connectivity index (χ1v) is 7.58. The fourth-order valence-corrected chi connectivity index (χ4v) is 2.44. The molecule has 3 rings (SSSR count). The van der Waals surface area contributed by atoms with Crippen molar-refractivity contribution in [2.24, 2.45) is 5.18 Å². The van der Waals surface area contributed by atoms with Gasteiger partial charge >= 0.3 is 0 Å². The van der Waals surface area contributed by atoms with E-state index in [4.69, 9.17) is 0 Å². The van der Waals surface area contributed by atoms with Crippen molar-refractivity contribution in [1.29, 1.82) is 0 Å². The molecule has 0 atom stereocenters. The van der Waals surface area contributed by atoms with Crippen molar-refractivity contribution in [3.05, 3.63) is 65.5 Å². The van der Waals surface area contributed by atoms with Crippen LogP contribution in [0.2, 0.25) is 0 Å². The standard InChI is InChI=1S/C18H15N5O2/c1-12-5-6-15(22-25)10-17(12)23(13(2)24)18-20-9-7-16(21-18)14-4-3-8-19-11-14/h3-11H,1-2H3. The zero-order valence-corrected chi connectivity index (χ0v) is 13.7. The average Bonchev–Trinajstić information content (AvgIpc) is 2.64. The van der Waals surface area contributed by atoms with Gasteiger partial charge in [0.05, 0.1) is 11.4 Å². The lowest BCUT2D eigenvalue weighted by molar-refractivity contribution is -0.115. The van der Waals surface area contributed by atoms with E-state index in [0.717, 1.165) is 11.1 Å². The molecule has 124 valence electrons. The van der Waals surface area contributed by atoms with E-state index in [1.54, 1.807) is 42.9 Å². The number of carbonyl (C=O) groups is 1. The van der Waals surface area contributed by atoms with Gasteiger partial charge in [0.25, 0.3) is 0 Å². The number of nitrogens with zero attached hydrogens (tertiary/aromatic N) is 5. The summed E-state index contributed by atoms with van der Waals surface area (Å²) in [5.41, 5.74) is 3.02. The van der Waals surface area contributed by atoms with E-state index >= 15 is 0 Å². The second-order valence-corrected chi connectivity index (χ2v) is 5.40. The third-order valence-corrected chi connectivity index (χ3v) is 3.65. The van der Waals surface area contributed by atoms with E-state index in [9.17, 15) is 9.70 Å². The summed E-state index contributed by atoms with van der Waals surface area (Å²) < 4.78 is 0. The van der Waals surface area contributed by atoms with E-state index in [1.807, 2.05) is 19.1 Å². The predicted octanol–water partition coefficient (Wildman–Crippen LogP) is 3.93. The van der Waals surface area contributed by atoms with Gasteiger partial charge in [-0.1, -0.05) is 6.07 Å². The topological polar surface area (TPSA) is 88.4 Å². The van der Waals surface area contributed by atoms with Crippen molar-refractivity contribution in [1.82, 2.24) is 15.0 Å². The highest BCUT2D eigenvalue weighted by Gasteiger charge is 2.20. The van der Waals surface area contributed by atoms with Crippen LogP contribution in [0, 0.1) is 11.8 Å². The van der Waals surface area contributed by atoms with Gasteiger partial charge in [0.15, 0.2) is 0 Å². The Morgan fingerprint density at radius 1 is 1.16 bits per heavy atom. The van der Waals surface area contributed by atoms with Crippen molar-refractivity contribution >= 4 is 23.2 Å². The molecule has 0 aliphatic carbocycles. The first-order valence-electron chi connectivity index (χ1n) is 7.58. The fraction of sp³-hybridized carbons (Fsp3) is 0.111. The molecule has 7 nitrogen and oxygen atoms in total. The third-order valence-electron chi connectivity index (χ3n) is 3.65. The minimum atomic E-state index is -0.269. The van der Waals surface area contributed by atoms with E-state index in [1.165, 1.54) is 11.8 Å². The van der Waals surface area contributed by atoms with Gasteiger partial charge in [-0.05, 0) is 48.0 Å². The Morgan fingerprint density at radius 3 is 2.68 bits per heavy atom. The number of carbonyl (C=O) groups excluding carboxylic acids is 1. The predicted molar refractivity (Wildman–Crippen MR) is 94.7 cm³/mol. The SMILES string of the molecule is CC(=O)N(c1nccc(-c2cccnc2)n1)c1cc(N=O)ccc1C. The normalized spacial score (nSPS) is 10.3. The highest BCUT2D eigenvalue weighted by molar-refractivity contribution is 5.98. The first-order chi connectivity index (χ1) is 12.1. The third kappa shape index (κ3) is 3.40. The van der Waals surface area contributed by atoms with Gasteiger partial charge in [0, 0.05) is 31.1 Å². The number of amides is 1. The number of aromatic nitrogens is 3. The largest absolute Gasteiger partial charge is 0.274 e. The summed E-state index contributed by atoms with van der Waals surface area (Å²) in [6, 6.07) is 10.3. The van der Waals surface area contributed by atoms with Gasteiger partial charge < -0.3 is 0 Å². The van der Waals surface area contributed by atoms with Crippen molar-refractivity contribution in [2.45, 2.75) is 13.8 Å². The van der Waals surface area contributed by atoms with Gasteiger partial charge in [-0.2, -0.15) is 0 Å². The second kappa shape index (κ2) is 6.96. The molecule has 0 N–H and O–H groups in total. The first kappa shape index (κ1) is 16.4. The second-order valence-electron chi connectivity index (χ2n) is 5.40. The number of rotatable bonds is 4. The molecule has 25 heavy (non-hydrogen) atoms. The Hall–Kier alpha value is -3.48. The summed E-state index contributed by atoms with van der Waals surface area (Å²) in [6.07, 6.45) is 4.94. The molecule has 0 saturated carbocycles. The molecule has 0 radical (unpaired) electrons. The Kier molecular flexibility index (Phi) is 4.56. The van der Waals surface area contributed by atoms with Crippen LogP contribution < -0.4 is 4.90 Å². The van der Waals surface area contributed by atoms with Gasteiger partial charge in [0.1, 0.15) is 5.69 Å². The number of nitroso groups, excluding NO2 is 1. The molecule has 1 aromatic carbocycles. The summed E-state index contributed by atoms with van der Waals surface area (Å²) >= 11 is 0. The molecular formula is C18H15N5O2. The minimum Gasteiger partial charge on any atom is -0.274 e. The lowest BCUT2D eigenvalue weighted by Crippen LogP contribution is -2.25. The van der Waals surface area contributed by atoms with Crippen molar-refractivity contribution < 1.29 is 4.79 Å². The number of anilines is 2. The average molecular weight is 333 g/mol. The van der Waals surface area contributed by atoms with Crippen LogP contribution in [0.15, 0.2) is 60.2 Å². The zero-order valence-electron chi connectivity index (χ0n) is 13.7. The van der Waals surface area contributed by atoms with Crippen LogP contribution >= 0.6 is 0 Å². The lowest BCUT2D eigenvalue weighted by atomic mass is 10.1. The van der Waals surface area contributed by atoms with Crippen molar-refractivity contribution in [3.63, 3.8) is 0 Å². The summed E-state index contributed by atoms with van der Waals surface area (Å²) in [5.74, 6) is -0.0468. The lowest BCUT2D eigenvalue weighted by Gasteiger charge is -2.21. The van der Waals surface area contributed by atoms with Gasteiger partial charge in [-0.25, -0.2) is 14.9 Å². The number of benzene rings is 1. The smallest absolute Gasteiger partial charge is 0.237 e. The van der Waals surface area contributed by atoms with Crippen LogP contribution in [-0.4, -0.2) is 20.9 Å². The quantitative estimate of drug-likeness (QED) is 0.675. The van der Waals surface area contributed by atoms with Crippen molar-refractivity contribution in [2.75, 3.05) is 4.90 Å². The molecule has 0 aliphatic rings. The molecule has 0 aliphatic heterocycles. The molecule has 2 heterocycles. The van der Waals surface area contributed by atoms with E-state index < -0.39 is 0 Å². The Bertz CT molecular complexity index is 928. The summed E-state index contributed by atoms with van der Waals surface area (Å²) in [6.45, 7) is 3.26. The maximum atomic E-state index is 12.3. The molecule has 0 unspecified atom stereocenters. The summed E-state index contributed by atoms with van der Waals surface area (Å²) in [4.78, 5) is 37.3. The molecular weight excluding hydrogens is 318 g/mol. The molecule has 0 fully saturated rings. The summed E-state index contributed by atoms with van der Waals surface area (Å²) in [7, 11) is 0. The van der Waals surface area contributed by atoms with Crippen LogP contribution in [0.25, 0.3) is 11.3 Å². The molecule has 0 spiro atoms. The van der Waals surface area contributed by atoms with Crippen LogP contribution in [0.3, 0.4) is 0 Å². The Labute approximate surface area is 144 Å². The number of hydrogen-bond acceptors (Lipinski definition) is 6. The monoisotopic (exact) mass is 333 g/mol. The van der Waals surface area contributed by atoms with Gasteiger partial charge in [0.2, 0.25) is 11.9 Å².